The van der Waals surface area contributed by atoms with E-state index >= 15 is 0 Å². The number of rotatable bonds is 6. The molecule has 5 heteroatoms. The molecule has 0 aliphatic carbocycles. The van der Waals surface area contributed by atoms with Gasteiger partial charge >= 0.3 is 6.61 Å². The van der Waals surface area contributed by atoms with Gasteiger partial charge in [0.2, 0.25) is 0 Å². The molecule has 118 valence electrons. The molecule has 0 bridgehead atoms. The lowest BCUT2D eigenvalue weighted by molar-refractivity contribution is -0.0504. The Balaban J connectivity index is 2.17. The van der Waals surface area contributed by atoms with Crippen LogP contribution in [0.15, 0.2) is 36.4 Å². The fraction of sp³-hybridized carbons (Fsp3) is 0.294. The van der Waals surface area contributed by atoms with Crippen LogP contribution < -0.4 is 14.8 Å². The second-order valence-corrected chi connectivity index (χ2v) is 4.93. The van der Waals surface area contributed by atoms with Gasteiger partial charge in [-0.1, -0.05) is 24.3 Å². The maximum atomic E-state index is 12.4. The Morgan fingerprint density at radius 2 is 1.82 bits per heavy atom. The number of halogens is 2. The van der Waals surface area contributed by atoms with Gasteiger partial charge in [0, 0.05) is 23.4 Å². The molecule has 0 amide bonds. The van der Waals surface area contributed by atoms with E-state index in [4.69, 9.17) is 4.74 Å². The minimum atomic E-state index is -2.83. The second-order valence-electron chi connectivity index (χ2n) is 4.93. The van der Waals surface area contributed by atoms with Gasteiger partial charge in [0.15, 0.2) is 0 Å². The van der Waals surface area contributed by atoms with Gasteiger partial charge in [-0.15, -0.1) is 0 Å². The summed E-state index contributed by atoms with van der Waals surface area (Å²) in [5, 5.41) is 3.24. The number of hydrogen-bond acceptors (Lipinski definition) is 3. The summed E-state index contributed by atoms with van der Waals surface area (Å²) >= 11 is 0. The third-order valence-corrected chi connectivity index (χ3v) is 3.46. The number of anilines is 1. The van der Waals surface area contributed by atoms with E-state index in [-0.39, 0.29) is 5.75 Å². The molecule has 3 nitrogen and oxygen atoms in total. The molecule has 0 unspecified atom stereocenters. The summed E-state index contributed by atoms with van der Waals surface area (Å²) in [6.07, 6.45) is 0. The summed E-state index contributed by atoms with van der Waals surface area (Å²) in [7, 11) is 1.63. The van der Waals surface area contributed by atoms with Gasteiger partial charge < -0.3 is 14.8 Å². The van der Waals surface area contributed by atoms with Crippen molar-refractivity contribution in [1.82, 2.24) is 0 Å². The highest BCUT2D eigenvalue weighted by Gasteiger charge is 2.11. The van der Waals surface area contributed by atoms with Crippen LogP contribution in [0.4, 0.5) is 14.5 Å². The third-order valence-electron chi connectivity index (χ3n) is 3.46. The molecule has 0 aromatic heterocycles. The SMILES string of the molecule is COc1c(C)ccc(NCc2ccccc2OC(F)F)c1C. The second kappa shape index (κ2) is 7.11. The Morgan fingerprint density at radius 1 is 1.09 bits per heavy atom. The fourth-order valence-electron chi connectivity index (χ4n) is 2.38. The van der Waals surface area contributed by atoms with Crippen LogP contribution in [0.5, 0.6) is 11.5 Å². The maximum Gasteiger partial charge on any atom is 0.387 e. The van der Waals surface area contributed by atoms with Crippen molar-refractivity contribution in [3.05, 3.63) is 53.1 Å². The molecule has 0 saturated carbocycles. The first-order valence-electron chi connectivity index (χ1n) is 6.93. The zero-order valence-corrected chi connectivity index (χ0v) is 12.8. The van der Waals surface area contributed by atoms with Gasteiger partial charge in [-0.3, -0.25) is 0 Å². The predicted molar refractivity (Wildman–Crippen MR) is 82.9 cm³/mol. The Morgan fingerprint density at radius 3 is 2.50 bits per heavy atom. The lowest BCUT2D eigenvalue weighted by Crippen LogP contribution is -2.08. The third kappa shape index (κ3) is 3.67. The minimum absolute atomic E-state index is 0.182. The van der Waals surface area contributed by atoms with Gasteiger partial charge in [-0.05, 0) is 31.5 Å². The number of ether oxygens (including phenoxy) is 2. The molecule has 2 rings (SSSR count). The molecular weight excluding hydrogens is 288 g/mol. The first-order chi connectivity index (χ1) is 10.5. The normalized spacial score (nSPS) is 10.6. The molecule has 0 spiro atoms. The van der Waals surface area contributed by atoms with E-state index in [0.717, 1.165) is 22.6 Å². The van der Waals surface area contributed by atoms with Crippen molar-refractivity contribution in [3.8, 4) is 11.5 Å². The lowest BCUT2D eigenvalue weighted by Gasteiger charge is -2.16. The molecule has 0 fully saturated rings. The van der Waals surface area contributed by atoms with Crippen molar-refractivity contribution in [2.24, 2.45) is 0 Å². The number of para-hydroxylation sites is 1. The van der Waals surface area contributed by atoms with Crippen LogP contribution >= 0.6 is 0 Å². The first-order valence-corrected chi connectivity index (χ1v) is 6.93. The summed E-state index contributed by atoms with van der Waals surface area (Å²) < 4.78 is 34.7. The molecule has 1 N–H and O–H groups in total. The highest BCUT2D eigenvalue weighted by molar-refractivity contribution is 5.60. The zero-order valence-electron chi connectivity index (χ0n) is 12.8. The average Bonchev–Trinajstić information content (AvgIpc) is 2.48. The fourth-order valence-corrected chi connectivity index (χ4v) is 2.38. The molecule has 2 aromatic rings. The van der Waals surface area contributed by atoms with Gasteiger partial charge in [-0.2, -0.15) is 8.78 Å². The summed E-state index contributed by atoms with van der Waals surface area (Å²) in [4.78, 5) is 0. The Kier molecular flexibility index (Phi) is 5.20. The number of methoxy groups -OCH3 is 1. The number of alkyl halides is 2. The molecule has 22 heavy (non-hydrogen) atoms. The van der Waals surface area contributed by atoms with Crippen LogP contribution in [0.2, 0.25) is 0 Å². The van der Waals surface area contributed by atoms with E-state index < -0.39 is 6.61 Å². The van der Waals surface area contributed by atoms with E-state index in [2.05, 4.69) is 10.1 Å². The molecular formula is C17H19F2NO2. The van der Waals surface area contributed by atoms with Crippen molar-refractivity contribution < 1.29 is 18.3 Å². The van der Waals surface area contributed by atoms with Crippen molar-refractivity contribution in [1.29, 1.82) is 0 Å². The Bertz CT molecular complexity index is 645. The van der Waals surface area contributed by atoms with Crippen molar-refractivity contribution >= 4 is 5.69 Å². The van der Waals surface area contributed by atoms with Gasteiger partial charge in [0.25, 0.3) is 0 Å². The molecule has 0 atom stereocenters. The summed E-state index contributed by atoms with van der Waals surface area (Å²) in [6.45, 7) is 1.48. The van der Waals surface area contributed by atoms with Gasteiger partial charge in [0.05, 0.1) is 7.11 Å². The predicted octanol–water partition coefficient (Wildman–Crippen LogP) is 4.53. The van der Waals surface area contributed by atoms with Crippen LogP contribution in [-0.4, -0.2) is 13.7 Å². The molecule has 0 aliphatic rings. The standard InChI is InChI=1S/C17H19F2NO2/c1-11-8-9-14(12(2)16(11)21-3)20-10-13-6-4-5-7-15(13)22-17(18)19/h4-9,17,20H,10H2,1-3H3. The van der Waals surface area contributed by atoms with Crippen LogP contribution in [0.3, 0.4) is 0 Å². The van der Waals surface area contributed by atoms with E-state index in [9.17, 15) is 8.78 Å². The number of benzene rings is 2. The van der Waals surface area contributed by atoms with Crippen LogP contribution in [0.1, 0.15) is 16.7 Å². The molecule has 0 radical (unpaired) electrons. The highest BCUT2D eigenvalue weighted by atomic mass is 19.3. The van der Waals surface area contributed by atoms with Crippen LogP contribution in [0.25, 0.3) is 0 Å². The van der Waals surface area contributed by atoms with E-state index in [0.29, 0.717) is 12.1 Å². The molecule has 0 heterocycles. The maximum absolute atomic E-state index is 12.4. The molecule has 0 aliphatic heterocycles. The quantitative estimate of drug-likeness (QED) is 0.851. The molecule has 0 saturated heterocycles. The average molecular weight is 307 g/mol. The highest BCUT2D eigenvalue weighted by Crippen LogP contribution is 2.30. The number of nitrogens with one attached hydrogen (secondary N) is 1. The largest absolute Gasteiger partial charge is 0.496 e. The topological polar surface area (TPSA) is 30.5 Å². The van der Waals surface area contributed by atoms with E-state index in [1.165, 1.54) is 6.07 Å². The Labute approximate surface area is 128 Å². The van der Waals surface area contributed by atoms with Gasteiger partial charge in [-0.25, -0.2) is 0 Å². The lowest BCUT2D eigenvalue weighted by atomic mass is 10.1. The van der Waals surface area contributed by atoms with E-state index in [1.807, 2.05) is 26.0 Å². The summed E-state index contributed by atoms with van der Waals surface area (Å²) in [5.74, 6) is 1.00. The van der Waals surface area contributed by atoms with Gasteiger partial charge in [0.1, 0.15) is 11.5 Å². The minimum Gasteiger partial charge on any atom is -0.496 e. The summed E-state index contributed by atoms with van der Waals surface area (Å²) in [5.41, 5.74) is 3.60. The zero-order chi connectivity index (χ0) is 16.1. The smallest absolute Gasteiger partial charge is 0.387 e. The van der Waals surface area contributed by atoms with E-state index in [1.54, 1.807) is 25.3 Å². The van der Waals surface area contributed by atoms with Crippen molar-refractivity contribution in [2.45, 2.75) is 27.0 Å². The Hall–Kier alpha value is -2.30. The van der Waals surface area contributed by atoms with Crippen molar-refractivity contribution in [3.63, 3.8) is 0 Å². The number of hydrogen-bond donors (Lipinski definition) is 1. The van der Waals surface area contributed by atoms with Crippen LogP contribution in [-0.2, 0) is 6.54 Å². The number of aryl methyl sites for hydroxylation is 1. The monoisotopic (exact) mass is 307 g/mol. The van der Waals surface area contributed by atoms with Crippen LogP contribution in [0, 0.1) is 13.8 Å². The molecule has 2 aromatic carbocycles. The van der Waals surface area contributed by atoms with Crippen molar-refractivity contribution in [2.75, 3.05) is 12.4 Å². The summed E-state index contributed by atoms with van der Waals surface area (Å²) in [6, 6.07) is 10.6. The first kappa shape index (κ1) is 16.1.